The van der Waals surface area contributed by atoms with Crippen molar-refractivity contribution >= 4 is 18.7 Å². The Hall–Kier alpha value is -2.36. The zero-order valence-corrected chi connectivity index (χ0v) is 24.4. The topological polar surface area (TPSA) is 66.4 Å². The Morgan fingerprint density at radius 3 is 1.92 bits per heavy atom. The van der Waals surface area contributed by atoms with Crippen LogP contribution in [0.2, 0.25) is 5.04 Å². The van der Waals surface area contributed by atoms with E-state index in [1.165, 1.54) is 0 Å². The molecule has 2 fully saturated rings. The van der Waals surface area contributed by atoms with Gasteiger partial charge in [0.2, 0.25) is 0 Å². The predicted octanol–water partition coefficient (Wildman–Crippen LogP) is 4.39. The molecule has 0 unspecified atom stereocenters. The second-order valence-electron chi connectivity index (χ2n) is 11.9. The normalized spacial score (nSPS) is 25.4. The fraction of sp³-hybridized carbons (Fsp3) is 0.438. The molecule has 2 heterocycles. The summed E-state index contributed by atoms with van der Waals surface area (Å²) in [5.74, 6) is -0.787. The maximum absolute atomic E-state index is 11.6. The molecule has 3 aromatic carbocycles. The third kappa shape index (κ3) is 5.76. The molecule has 0 aliphatic carbocycles. The molecule has 3 aromatic rings. The predicted molar refractivity (Wildman–Crippen MR) is 153 cm³/mol. The van der Waals surface area contributed by atoms with Crippen LogP contribution >= 0.6 is 0 Å². The minimum atomic E-state index is -2.83. The Morgan fingerprint density at radius 1 is 0.846 bits per heavy atom. The van der Waals surface area contributed by atoms with E-state index in [-0.39, 0.29) is 11.6 Å². The van der Waals surface area contributed by atoms with Crippen molar-refractivity contribution in [3.8, 4) is 0 Å². The number of aliphatic hydroxyl groups is 1. The molecule has 0 spiro atoms. The van der Waals surface area contributed by atoms with E-state index in [0.29, 0.717) is 6.61 Å². The third-order valence-corrected chi connectivity index (χ3v) is 12.6. The van der Waals surface area contributed by atoms with E-state index in [0.717, 1.165) is 15.9 Å². The van der Waals surface area contributed by atoms with Gasteiger partial charge in [0.1, 0.15) is 24.4 Å². The number of fused-ring (bicyclic) bond motifs is 1. The first-order chi connectivity index (χ1) is 18.6. The minimum absolute atomic E-state index is 0.0893. The molecule has 2 aliphatic rings. The smallest absolute Gasteiger partial charge is 0.261 e. The zero-order chi connectivity index (χ0) is 27.7. The molecule has 6 nitrogen and oxygen atoms in total. The molecule has 2 saturated heterocycles. The first-order valence-corrected chi connectivity index (χ1v) is 15.6. The lowest BCUT2D eigenvalue weighted by molar-refractivity contribution is -0.231. The Balaban J connectivity index is 1.41. The Bertz CT molecular complexity index is 1160. The maximum Gasteiger partial charge on any atom is 0.261 e. The average Bonchev–Trinajstić information content (AvgIpc) is 3.40. The lowest BCUT2D eigenvalue weighted by Crippen LogP contribution is -2.67. The molecule has 0 amide bonds. The summed E-state index contributed by atoms with van der Waals surface area (Å²) in [4.78, 5) is 0. The van der Waals surface area contributed by atoms with Crippen LogP contribution in [-0.2, 0) is 30.0 Å². The summed E-state index contributed by atoms with van der Waals surface area (Å²) in [6.07, 6.45) is -3.20. The number of ether oxygens (including phenoxy) is 4. The molecule has 39 heavy (non-hydrogen) atoms. The van der Waals surface area contributed by atoms with Crippen molar-refractivity contribution in [2.75, 3.05) is 6.61 Å². The van der Waals surface area contributed by atoms with Crippen LogP contribution in [0.5, 0.6) is 0 Å². The quantitative estimate of drug-likeness (QED) is 0.400. The Morgan fingerprint density at radius 2 is 1.38 bits per heavy atom. The summed E-state index contributed by atoms with van der Waals surface area (Å²) in [7, 11) is -2.83. The lowest BCUT2D eigenvalue weighted by atomic mass is 10.1. The molecule has 0 saturated carbocycles. The van der Waals surface area contributed by atoms with Gasteiger partial charge in [-0.1, -0.05) is 112 Å². The number of aliphatic hydroxyl groups excluding tert-OH is 1. The molecular weight excluding hydrogens is 508 g/mol. The van der Waals surface area contributed by atoms with Crippen LogP contribution in [0.4, 0.5) is 0 Å². The van der Waals surface area contributed by atoms with E-state index in [4.69, 9.17) is 23.4 Å². The van der Waals surface area contributed by atoms with E-state index < -0.39 is 44.8 Å². The van der Waals surface area contributed by atoms with Crippen molar-refractivity contribution < 1.29 is 28.5 Å². The van der Waals surface area contributed by atoms with Crippen molar-refractivity contribution in [3.63, 3.8) is 0 Å². The molecule has 208 valence electrons. The number of hydrogen-bond acceptors (Lipinski definition) is 6. The summed E-state index contributed by atoms with van der Waals surface area (Å²) in [6.45, 7) is 10.8. The molecule has 0 aromatic heterocycles. The highest BCUT2D eigenvalue weighted by molar-refractivity contribution is 6.99. The van der Waals surface area contributed by atoms with Gasteiger partial charge in [0.25, 0.3) is 8.32 Å². The average molecular weight is 549 g/mol. The van der Waals surface area contributed by atoms with E-state index in [1.54, 1.807) is 0 Å². The van der Waals surface area contributed by atoms with Crippen LogP contribution < -0.4 is 10.4 Å². The Kier molecular flexibility index (Phi) is 8.13. The molecule has 0 radical (unpaired) electrons. The van der Waals surface area contributed by atoms with Gasteiger partial charge in [-0.25, -0.2) is 0 Å². The van der Waals surface area contributed by atoms with Crippen molar-refractivity contribution in [2.45, 2.75) is 82.8 Å². The highest BCUT2D eigenvalue weighted by Gasteiger charge is 2.58. The number of rotatable bonds is 9. The van der Waals surface area contributed by atoms with Gasteiger partial charge < -0.3 is 28.5 Å². The summed E-state index contributed by atoms with van der Waals surface area (Å²) in [5.41, 5.74) is 1.04. The van der Waals surface area contributed by atoms with Crippen LogP contribution in [-0.4, -0.2) is 56.5 Å². The summed E-state index contributed by atoms with van der Waals surface area (Å²) in [6, 6.07) is 30.8. The van der Waals surface area contributed by atoms with Crippen LogP contribution in [0.3, 0.4) is 0 Å². The van der Waals surface area contributed by atoms with E-state index >= 15 is 0 Å². The van der Waals surface area contributed by atoms with Crippen molar-refractivity contribution in [3.05, 3.63) is 96.6 Å². The minimum Gasteiger partial charge on any atom is -0.405 e. The molecule has 2 aliphatic heterocycles. The second-order valence-corrected chi connectivity index (χ2v) is 16.2. The molecule has 1 N–H and O–H groups in total. The van der Waals surface area contributed by atoms with Crippen molar-refractivity contribution in [2.24, 2.45) is 0 Å². The van der Waals surface area contributed by atoms with E-state index in [1.807, 2.05) is 56.3 Å². The zero-order valence-electron chi connectivity index (χ0n) is 23.4. The Labute approximate surface area is 233 Å². The highest BCUT2D eigenvalue weighted by atomic mass is 28.4. The first kappa shape index (κ1) is 28.2. The molecule has 7 heteroatoms. The summed E-state index contributed by atoms with van der Waals surface area (Å²) in [5, 5.41) is 13.7. The van der Waals surface area contributed by atoms with Crippen LogP contribution in [0.15, 0.2) is 91.0 Å². The molecule has 5 atom stereocenters. The monoisotopic (exact) mass is 548 g/mol. The van der Waals surface area contributed by atoms with Crippen molar-refractivity contribution in [1.29, 1.82) is 0 Å². The van der Waals surface area contributed by atoms with Gasteiger partial charge in [-0.05, 0) is 34.8 Å². The van der Waals surface area contributed by atoms with Gasteiger partial charge in [-0.15, -0.1) is 0 Å². The highest BCUT2D eigenvalue weighted by Crippen LogP contribution is 2.41. The summed E-state index contributed by atoms with van der Waals surface area (Å²) < 4.78 is 31.8. The van der Waals surface area contributed by atoms with E-state index in [9.17, 15) is 5.11 Å². The first-order valence-electron chi connectivity index (χ1n) is 13.7. The third-order valence-electron chi connectivity index (χ3n) is 7.58. The SMILES string of the molecule is CC1(C)O[C@H]2O[C@H]([C@H](O)CO[Si](c3ccccc3)(c3ccccc3)C(C)(C)C)[C@@H](OCc3ccccc3)[C@H]2O1. The van der Waals surface area contributed by atoms with Crippen LogP contribution in [0.1, 0.15) is 40.2 Å². The second kappa shape index (κ2) is 11.3. The fourth-order valence-corrected chi connectivity index (χ4v) is 10.4. The lowest BCUT2D eigenvalue weighted by Gasteiger charge is -2.43. The molecule has 0 bridgehead atoms. The molecular formula is C32H40O6Si. The van der Waals surface area contributed by atoms with Gasteiger partial charge in [-0.2, -0.15) is 0 Å². The number of hydrogen-bond donors (Lipinski definition) is 1. The van der Waals surface area contributed by atoms with Gasteiger partial charge in [0.15, 0.2) is 12.1 Å². The van der Waals surface area contributed by atoms with Gasteiger partial charge in [0, 0.05) is 0 Å². The van der Waals surface area contributed by atoms with Gasteiger partial charge >= 0.3 is 0 Å². The maximum atomic E-state index is 11.6. The van der Waals surface area contributed by atoms with Gasteiger partial charge in [-0.3, -0.25) is 0 Å². The van der Waals surface area contributed by atoms with Crippen LogP contribution in [0.25, 0.3) is 0 Å². The summed E-state index contributed by atoms with van der Waals surface area (Å²) >= 11 is 0. The van der Waals surface area contributed by atoms with Gasteiger partial charge in [0.05, 0.1) is 13.2 Å². The fourth-order valence-electron chi connectivity index (χ4n) is 5.84. The standard InChI is InChI=1S/C32H40O6Si/c1-31(2,3)39(24-17-11-7-12-18-24,25-19-13-8-14-20-25)35-22-26(33)27-28(34-21-23-15-9-6-10-16-23)29-30(36-27)38-32(4,5)37-29/h6-20,26-30,33H,21-22H2,1-5H3/t26-,27-,28-,29-,30-/m1/s1. The largest absolute Gasteiger partial charge is 0.405 e. The molecule has 5 rings (SSSR count). The number of benzene rings is 3. The van der Waals surface area contributed by atoms with Crippen LogP contribution in [0, 0.1) is 0 Å². The van der Waals surface area contributed by atoms with E-state index in [2.05, 4.69) is 69.3 Å². The van der Waals surface area contributed by atoms with Crippen molar-refractivity contribution in [1.82, 2.24) is 0 Å².